The van der Waals surface area contributed by atoms with Crippen molar-refractivity contribution in [2.45, 2.75) is 32.7 Å². The van der Waals surface area contributed by atoms with Crippen LogP contribution in [0.5, 0.6) is 0 Å². The van der Waals surface area contributed by atoms with Gasteiger partial charge in [-0.1, -0.05) is 6.92 Å². The second-order valence-corrected chi connectivity index (χ2v) is 5.70. The van der Waals surface area contributed by atoms with E-state index in [1.807, 2.05) is 6.92 Å². The molecule has 0 saturated heterocycles. The minimum atomic E-state index is -0.391. The number of thiophene rings is 1. The lowest BCUT2D eigenvalue weighted by molar-refractivity contribution is 0.508. The molecule has 0 radical (unpaired) electrons. The number of aryl methyl sites for hydroxylation is 1. The maximum absolute atomic E-state index is 13.8. The second-order valence-electron chi connectivity index (χ2n) is 4.96. The highest BCUT2D eigenvalue weighted by atomic mass is 32.1. The molecule has 1 aromatic heterocycles. The van der Waals surface area contributed by atoms with Crippen molar-refractivity contribution in [1.29, 1.82) is 0 Å². The molecule has 0 aliphatic carbocycles. The van der Waals surface area contributed by atoms with Crippen LogP contribution >= 0.6 is 11.3 Å². The zero-order valence-corrected chi connectivity index (χ0v) is 12.6. The highest BCUT2D eigenvalue weighted by Gasteiger charge is 2.17. The number of halogens is 2. The fourth-order valence-corrected chi connectivity index (χ4v) is 3.16. The van der Waals surface area contributed by atoms with Gasteiger partial charge in [0.05, 0.1) is 0 Å². The van der Waals surface area contributed by atoms with Crippen LogP contribution < -0.4 is 5.32 Å². The highest BCUT2D eigenvalue weighted by molar-refractivity contribution is 7.08. The smallest absolute Gasteiger partial charge is 0.126 e. The molecule has 1 nitrogen and oxygen atoms in total. The quantitative estimate of drug-likeness (QED) is 0.820. The standard InChI is InChI=1S/C16H19F2NS/c1-3-6-19-16(14-10-20-9-11(14)2)8-12-7-13(17)4-5-15(12)18/h4-5,7,9-10,16,19H,3,6,8H2,1-2H3. The molecular weight excluding hydrogens is 276 g/mol. The summed E-state index contributed by atoms with van der Waals surface area (Å²) in [7, 11) is 0. The molecule has 1 atom stereocenters. The van der Waals surface area contributed by atoms with E-state index in [1.165, 1.54) is 23.3 Å². The predicted octanol–water partition coefficient (Wildman–Crippen LogP) is 4.62. The van der Waals surface area contributed by atoms with Crippen LogP contribution in [0, 0.1) is 18.6 Å². The van der Waals surface area contributed by atoms with E-state index in [2.05, 4.69) is 23.0 Å². The lowest BCUT2D eigenvalue weighted by atomic mass is 9.98. The van der Waals surface area contributed by atoms with Crippen molar-refractivity contribution in [3.63, 3.8) is 0 Å². The monoisotopic (exact) mass is 295 g/mol. The molecule has 1 N–H and O–H groups in total. The van der Waals surface area contributed by atoms with Gasteiger partial charge in [0.2, 0.25) is 0 Å². The van der Waals surface area contributed by atoms with Crippen molar-refractivity contribution in [1.82, 2.24) is 5.32 Å². The fourth-order valence-electron chi connectivity index (χ4n) is 2.26. The molecule has 2 rings (SSSR count). The fraction of sp³-hybridized carbons (Fsp3) is 0.375. The Kier molecular flexibility index (Phi) is 5.26. The topological polar surface area (TPSA) is 12.0 Å². The van der Waals surface area contributed by atoms with Crippen molar-refractivity contribution in [3.8, 4) is 0 Å². The molecule has 2 aromatic rings. The number of benzene rings is 1. The summed E-state index contributed by atoms with van der Waals surface area (Å²) in [5.74, 6) is -0.736. The molecule has 0 aliphatic rings. The average molecular weight is 295 g/mol. The summed E-state index contributed by atoms with van der Waals surface area (Å²) >= 11 is 1.64. The Bertz CT molecular complexity index is 565. The first-order chi connectivity index (χ1) is 9.61. The van der Waals surface area contributed by atoms with Gasteiger partial charge in [-0.05, 0) is 72.0 Å². The third-order valence-corrected chi connectivity index (χ3v) is 4.22. The molecule has 1 heterocycles. The summed E-state index contributed by atoms with van der Waals surface area (Å²) in [4.78, 5) is 0. The summed E-state index contributed by atoms with van der Waals surface area (Å²) < 4.78 is 27.1. The normalized spacial score (nSPS) is 12.6. The molecule has 0 fully saturated rings. The van der Waals surface area contributed by atoms with Crippen LogP contribution in [0.25, 0.3) is 0 Å². The zero-order chi connectivity index (χ0) is 14.5. The predicted molar refractivity (Wildman–Crippen MR) is 80.2 cm³/mol. The van der Waals surface area contributed by atoms with Crippen LogP contribution in [0.1, 0.15) is 36.1 Å². The Morgan fingerprint density at radius 1 is 1.25 bits per heavy atom. The van der Waals surface area contributed by atoms with Crippen LogP contribution in [0.15, 0.2) is 29.0 Å². The highest BCUT2D eigenvalue weighted by Crippen LogP contribution is 2.26. The Balaban J connectivity index is 2.23. The van der Waals surface area contributed by atoms with E-state index >= 15 is 0 Å². The first kappa shape index (κ1) is 15.1. The molecular formula is C16H19F2NS. The van der Waals surface area contributed by atoms with E-state index in [4.69, 9.17) is 0 Å². The SMILES string of the molecule is CCCNC(Cc1cc(F)ccc1F)c1cscc1C. The van der Waals surface area contributed by atoms with E-state index in [0.717, 1.165) is 19.0 Å². The third-order valence-electron chi connectivity index (χ3n) is 3.34. The molecule has 0 aliphatic heterocycles. The summed E-state index contributed by atoms with van der Waals surface area (Å²) in [6, 6.07) is 3.67. The molecule has 1 unspecified atom stereocenters. The van der Waals surface area contributed by atoms with Crippen molar-refractivity contribution < 1.29 is 8.78 Å². The minimum absolute atomic E-state index is 0.0255. The molecule has 1 aromatic carbocycles. The van der Waals surface area contributed by atoms with Gasteiger partial charge in [-0.3, -0.25) is 0 Å². The van der Waals surface area contributed by atoms with Gasteiger partial charge in [0.25, 0.3) is 0 Å². The van der Waals surface area contributed by atoms with Crippen LogP contribution in [0.3, 0.4) is 0 Å². The largest absolute Gasteiger partial charge is 0.310 e. The van der Waals surface area contributed by atoms with Crippen LogP contribution in [0.2, 0.25) is 0 Å². The van der Waals surface area contributed by atoms with Crippen LogP contribution in [-0.4, -0.2) is 6.54 Å². The van der Waals surface area contributed by atoms with E-state index in [-0.39, 0.29) is 11.9 Å². The van der Waals surface area contributed by atoms with Gasteiger partial charge in [-0.2, -0.15) is 11.3 Å². The molecule has 20 heavy (non-hydrogen) atoms. The van der Waals surface area contributed by atoms with Gasteiger partial charge < -0.3 is 5.32 Å². The first-order valence-electron chi connectivity index (χ1n) is 6.81. The van der Waals surface area contributed by atoms with Gasteiger partial charge >= 0.3 is 0 Å². The minimum Gasteiger partial charge on any atom is -0.310 e. The van der Waals surface area contributed by atoms with Crippen LogP contribution in [-0.2, 0) is 6.42 Å². The molecule has 0 spiro atoms. The van der Waals surface area contributed by atoms with Gasteiger partial charge in [0.15, 0.2) is 0 Å². The lowest BCUT2D eigenvalue weighted by Gasteiger charge is -2.19. The van der Waals surface area contributed by atoms with Gasteiger partial charge in [-0.25, -0.2) is 8.78 Å². The van der Waals surface area contributed by atoms with Crippen molar-refractivity contribution >= 4 is 11.3 Å². The van der Waals surface area contributed by atoms with E-state index < -0.39 is 5.82 Å². The summed E-state index contributed by atoms with van der Waals surface area (Å²) in [5, 5.41) is 7.59. The Morgan fingerprint density at radius 2 is 2.05 bits per heavy atom. The second kappa shape index (κ2) is 6.95. The lowest BCUT2D eigenvalue weighted by Crippen LogP contribution is -2.24. The van der Waals surface area contributed by atoms with Crippen molar-refractivity contribution in [2.24, 2.45) is 0 Å². The summed E-state index contributed by atoms with van der Waals surface area (Å²) in [6.07, 6.45) is 1.46. The number of hydrogen-bond acceptors (Lipinski definition) is 2. The average Bonchev–Trinajstić information content (AvgIpc) is 2.84. The van der Waals surface area contributed by atoms with E-state index in [0.29, 0.717) is 12.0 Å². The third kappa shape index (κ3) is 3.64. The maximum Gasteiger partial charge on any atom is 0.126 e. The maximum atomic E-state index is 13.8. The number of nitrogens with one attached hydrogen (secondary N) is 1. The molecule has 108 valence electrons. The van der Waals surface area contributed by atoms with Gasteiger partial charge in [-0.15, -0.1) is 0 Å². The molecule has 0 saturated carbocycles. The molecule has 0 bridgehead atoms. The first-order valence-corrected chi connectivity index (χ1v) is 7.76. The Hall–Kier alpha value is -1.26. The zero-order valence-electron chi connectivity index (χ0n) is 11.7. The Morgan fingerprint density at radius 3 is 2.70 bits per heavy atom. The van der Waals surface area contributed by atoms with Gasteiger partial charge in [0, 0.05) is 6.04 Å². The summed E-state index contributed by atoms with van der Waals surface area (Å²) in [5.41, 5.74) is 2.79. The van der Waals surface area contributed by atoms with Crippen molar-refractivity contribution in [3.05, 3.63) is 57.3 Å². The van der Waals surface area contributed by atoms with E-state index in [9.17, 15) is 8.78 Å². The van der Waals surface area contributed by atoms with E-state index in [1.54, 1.807) is 11.3 Å². The van der Waals surface area contributed by atoms with Gasteiger partial charge in [0.1, 0.15) is 11.6 Å². The Labute approximate surface area is 122 Å². The van der Waals surface area contributed by atoms with Crippen LogP contribution in [0.4, 0.5) is 8.78 Å². The summed E-state index contributed by atoms with van der Waals surface area (Å²) in [6.45, 7) is 5.00. The number of rotatable bonds is 6. The molecule has 0 amide bonds. The van der Waals surface area contributed by atoms with Crippen molar-refractivity contribution in [2.75, 3.05) is 6.54 Å². The number of hydrogen-bond donors (Lipinski definition) is 1. The molecule has 4 heteroatoms.